The second-order valence-corrected chi connectivity index (χ2v) is 6.76. The molecule has 24 heavy (non-hydrogen) atoms. The monoisotopic (exact) mass is 337 g/mol. The third-order valence-electron chi connectivity index (χ3n) is 4.78. The third kappa shape index (κ3) is 3.48. The van der Waals surface area contributed by atoms with Gasteiger partial charge in [0, 0.05) is 19.8 Å². The van der Waals surface area contributed by atoms with Gasteiger partial charge in [-0.15, -0.1) is 0 Å². The summed E-state index contributed by atoms with van der Waals surface area (Å²) in [5.41, 5.74) is 2.22. The Bertz CT molecular complexity index is 575. The van der Waals surface area contributed by atoms with Gasteiger partial charge in [0.1, 0.15) is 0 Å². The molecule has 2 N–H and O–H groups in total. The van der Waals surface area contributed by atoms with E-state index >= 15 is 0 Å². The van der Waals surface area contributed by atoms with Crippen molar-refractivity contribution in [3.05, 3.63) is 17.0 Å². The Balaban J connectivity index is 1.93. The summed E-state index contributed by atoms with van der Waals surface area (Å²) in [5, 5.41) is 17.4. The number of hydrogen-bond acceptors (Lipinski definition) is 5. The summed E-state index contributed by atoms with van der Waals surface area (Å²) in [7, 11) is 0. The summed E-state index contributed by atoms with van der Waals surface area (Å²) in [4.78, 5) is 12.7. The standard InChI is InChI=1S/C17H27N3O4/c1-2-13-15-14(5-3-7-23-8-4-6-18-16(15)22)20(19-13)9-17(10-21)11-24-12-17/h21H,2-12H2,1H3,(H,18,22). The van der Waals surface area contributed by atoms with Crippen molar-refractivity contribution in [3.8, 4) is 0 Å². The molecule has 1 aromatic heterocycles. The van der Waals surface area contributed by atoms with Crippen LogP contribution in [0.5, 0.6) is 0 Å². The van der Waals surface area contributed by atoms with Crippen molar-refractivity contribution < 1.29 is 19.4 Å². The first kappa shape index (κ1) is 17.4. The quantitative estimate of drug-likeness (QED) is 0.837. The van der Waals surface area contributed by atoms with E-state index in [2.05, 4.69) is 5.32 Å². The molecule has 0 radical (unpaired) electrons. The Morgan fingerprint density at radius 2 is 2.08 bits per heavy atom. The van der Waals surface area contributed by atoms with Crippen LogP contribution in [-0.2, 0) is 28.9 Å². The maximum atomic E-state index is 12.7. The molecule has 1 amide bonds. The van der Waals surface area contributed by atoms with Crippen molar-refractivity contribution in [2.45, 2.75) is 39.2 Å². The number of rotatable bonds is 4. The van der Waals surface area contributed by atoms with Gasteiger partial charge in [0.05, 0.1) is 48.7 Å². The van der Waals surface area contributed by atoms with Gasteiger partial charge in [-0.05, 0) is 25.7 Å². The van der Waals surface area contributed by atoms with Crippen molar-refractivity contribution in [2.24, 2.45) is 5.41 Å². The van der Waals surface area contributed by atoms with Gasteiger partial charge in [0.25, 0.3) is 5.91 Å². The fourth-order valence-electron chi connectivity index (χ4n) is 3.30. The van der Waals surface area contributed by atoms with Crippen LogP contribution in [0.15, 0.2) is 0 Å². The molecule has 7 nitrogen and oxygen atoms in total. The van der Waals surface area contributed by atoms with Gasteiger partial charge in [-0.1, -0.05) is 6.92 Å². The number of aliphatic hydroxyl groups excluding tert-OH is 1. The molecule has 7 heteroatoms. The first-order chi connectivity index (χ1) is 11.7. The van der Waals surface area contributed by atoms with E-state index in [4.69, 9.17) is 14.6 Å². The largest absolute Gasteiger partial charge is 0.396 e. The summed E-state index contributed by atoms with van der Waals surface area (Å²) < 4.78 is 12.8. The van der Waals surface area contributed by atoms with E-state index in [0.717, 1.165) is 30.7 Å². The lowest BCUT2D eigenvalue weighted by Crippen LogP contribution is -2.49. The van der Waals surface area contributed by atoms with Crippen LogP contribution in [0.4, 0.5) is 0 Å². The van der Waals surface area contributed by atoms with E-state index in [-0.39, 0.29) is 17.9 Å². The summed E-state index contributed by atoms with van der Waals surface area (Å²) in [6, 6.07) is 0. The molecule has 0 bridgehead atoms. The topological polar surface area (TPSA) is 85.6 Å². The summed E-state index contributed by atoms with van der Waals surface area (Å²) in [6.07, 6.45) is 3.14. The van der Waals surface area contributed by atoms with Crippen LogP contribution < -0.4 is 5.32 Å². The van der Waals surface area contributed by atoms with Crippen LogP contribution in [0.25, 0.3) is 0 Å². The first-order valence-electron chi connectivity index (χ1n) is 8.82. The van der Waals surface area contributed by atoms with Gasteiger partial charge < -0.3 is 19.9 Å². The van der Waals surface area contributed by atoms with Crippen molar-refractivity contribution >= 4 is 5.91 Å². The minimum absolute atomic E-state index is 0.0436. The number of hydrogen-bond donors (Lipinski definition) is 2. The van der Waals surface area contributed by atoms with Gasteiger partial charge in [0.2, 0.25) is 0 Å². The summed E-state index contributed by atoms with van der Waals surface area (Å²) in [5.74, 6) is -0.0436. The molecule has 2 aliphatic heterocycles. The third-order valence-corrected chi connectivity index (χ3v) is 4.78. The number of carbonyl (C=O) groups is 1. The van der Waals surface area contributed by atoms with E-state index in [0.29, 0.717) is 51.5 Å². The SMILES string of the molecule is CCc1nn(CC2(CO)COC2)c2c1C(=O)NCCCOCCC2. The predicted octanol–water partition coefficient (Wildman–Crippen LogP) is 0.537. The smallest absolute Gasteiger partial charge is 0.255 e. The van der Waals surface area contributed by atoms with Crippen LogP contribution in [0.1, 0.15) is 41.5 Å². The molecule has 0 atom stereocenters. The molecule has 1 fully saturated rings. The normalized spacial score (nSPS) is 21.3. The summed E-state index contributed by atoms with van der Waals surface area (Å²) >= 11 is 0. The van der Waals surface area contributed by atoms with Gasteiger partial charge in [-0.3, -0.25) is 9.48 Å². The fraction of sp³-hybridized carbons (Fsp3) is 0.765. The highest BCUT2D eigenvalue weighted by Crippen LogP contribution is 2.30. The van der Waals surface area contributed by atoms with Gasteiger partial charge in [-0.2, -0.15) is 5.10 Å². The van der Waals surface area contributed by atoms with Crippen molar-refractivity contribution in [1.29, 1.82) is 0 Å². The minimum atomic E-state index is -0.274. The molecule has 134 valence electrons. The Morgan fingerprint density at radius 1 is 1.29 bits per heavy atom. The molecule has 1 aromatic rings. The van der Waals surface area contributed by atoms with E-state index in [1.165, 1.54) is 0 Å². The van der Waals surface area contributed by atoms with Crippen LogP contribution in [0.3, 0.4) is 0 Å². The molecule has 0 aliphatic carbocycles. The van der Waals surface area contributed by atoms with Crippen molar-refractivity contribution in [3.63, 3.8) is 0 Å². The molecule has 0 aromatic carbocycles. The number of carbonyl (C=O) groups excluding carboxylic acids is 1. The zero-order valence-corrected chi connectivity index (χ0v) is 14.3. The molecule has 0 unspecified atom stereocenters. The lowest BCUT2D eigenvalue weighted by Gasteiger charge is -2.40. The maximum Gasteiger partial charge on any atom is 0.255 e. The first-order valence-corrected chi connectivity index (χ1v) is 8.82. The lowest BCUT2D eigenvalue weighted by atomic mass is 9.87. The van der Waals surface area contributed by atoms with E-state index in [9.17, 15) is 9.90 Å². The molecule has 3 heterocycles. The van der Waals surface area contributed by atoms with Crippen molar-refractivity contribution in [2.75, 3.05) is 39.6 Å². The second kappa shape index (κ2) is 7.63. The fourth-order valence-corrected chi connectivity index (χ4v) is 3.30. The number of aromatic nitrogens is 2. The van der Waals surface area contributed by atoms with Gasteiger partial charge in [-0.25, -0.2) is 0 Å². The average molecular weight is 337 g/mol. The number of nitrogens with zero attached hydrogens (tertiary/aromatic N) is 2. The Hall–Kier alpha value is -1.44. The molecular formula is C17H27N3O4. The van der Waals surface area contributed by atoms with Crippen LogP contribution in [0.2, 0.25) is 0 Å². The Kier molecular flexibility index (Phi) is 5.53. The molecule has 1 saturated heterocycles. The highest BCUT2D eigenvalue weighted by atomic mass is 16.5. The maximum absolute atomic E-state index is 12.7. The number of fused-ring (bicyclic) bond motifs is 1. The Labute approximate surface area is 142 Å². The zero-order chi connectivity index (χ0) is 17.0. The molecular weight excluding hydrogens is 310 g/mol. The lowest BCUT2D eigenvalue weighted by molar-refractivity contribution is -0.146. The van der Waals surface area contributed by atoms with E-state index in [1.54, 1.807) is 0 Å². The number of nitrogens with one attached hydrogen (secondary N) is 1. The molecule has 0 spiro atoms. The minimum Gasteiger partial charge on any atom is -0.396 e. The Morgan fingerprint density at radius 3 is 2.75 bits per heavy atom. The van der Waals surface area contributed by atoms with E-state index < -0.39 is 0 Å². The van der Waals surface area contributed by atoms with Crippen LogP contribution in [-0.4, -0.2) is 60.4 Å². The highest BCUT2D eigenvalue weighted by molar-refractivity contribution is 5.96. The molecule has 3 rings (SSSR count). The zero-order valence-electron chi connectivity index (χ0n) is 14.3. The second-order valence-electron chi connectivity index (χ2n) is 6.76. The van der Waals surface area contributed by atoms with Crippen molar-refractivity contribution in [1.82, 2.24) is 15.1 Å². The number of aliphatic hydroxyl groups is 1. The van der Waals surface area contributed by atoms with Gasteiger partial charge >= 0.3 is 0 Å². The number of ether oxygens (including phenoxy) is 2. The molecule has 0 saturated carbocycles. The summed E-state index contributed by atoms with van der Waals surface area (Å²) in [6.45, 7) is 5.72. The number of amides is 1. The van der Waals surface area contributed by atoms with Gasteiger partial charge in [0.15, 0.2) is 0 Å². The average Bonchev–Trinajstić information content (AvgIpc) is 2.88. The van der Waals surface area contributed by atoms with Crippen LogP contribution in [0, 0.1) is 5.41 Å². The van der Waals surface area contributed by atoms with E-state index in [1.807, 2.05) is 11.6 Å². The number of aryl methyl sites for hydroxylation is 1. The highest BCUT2D eigenvalue weighted by Gasteiger charge is 2.40. The molecule has 2 aliphatic rings. The predicted molar refractivity (Wildman–Crippen MR) is 88.0 cm³/mol. The van der Waals surface area contributed by atoms with Crippen LogP contribution >= 0.6 is 0 Å².